The molecule has 0 unspecified atom stereocenters. The Morgan fingerprint density at radius 2 is 1.63 bits per heavy atom. The minimum atomic E-state index is -0.575. The lowest BCUT2D eigenvalue weighted by molar-refractivity contribution is -0.384. The number of nitrogens with zero attached hydrogens (tertiary/aromatic N) is 1. The van der Waals surface area contributed by atoms with E-state index in [4.69, 9.17) is 23.2 Å². The van der Waals surface area contributed by atoms with E-state index in [1.807, 2.05) is 0 Å². The summed E-state index contributed by atoms with van der Waals surface area (Å²) in [4.78, 5) is 49.7. The van der Waals surface area contributed by atoms with Crippen LogP contribution in [0, 0.1) is 17.0 Å². The van der Waals surface area contributed by atoms with Gasteiger partial charge in [0.15, 0.2) is 0 Å². The zero-order valence-corrected chi connectivity index (χ0v) is 24.9. The summed E-state index contributed by atoms with van der Waals surface area (Å²) in [6, 6.07) is 24.3. The van der Waals surface area contributed by atoms with Crippen LogP contribution in [-0.4, -0.2) is 28.4 Å². The maximum atomic E-state index is 13.3. The van der Waals surface area contributed by atoms with Crippen molar-refractivity contribution in [2.24, 2.45) is 0 Å². The Kier molecular flexibility index (Phi) is 10.6. The number of hydrogen-bond donors (Lipinski definition) is 3. The Bertz CT molecular complexity index is 1710. The van der Waals surface area contributed by atoms with Crippen LogP contribution in [0.1, 0.15) is 21.5 Å². The molecule has 3 N–H and O–H groups in total. The normalized spacial score (nSPS) is 11.0. The highest BCUT2D eigenvalue weighted by Gasteiger charge is 2.16. The first-order valence-electron chi connectivity index (χ1n) is 12.7. The second kappa shape index (κ2) is 14.5. The zero-order valence-electron chi connectivity index (χ0n) is 22.6. The van der Waals surface area contributed by atoms with Gasteiger partial charge in [-0.3, -0.25) is 24.5 Å². The number of carbonyl (C=O) groups is 3. The van der Waals surface area contributed by atoms with E-state index in [9.17, 15) is 24.5 Å². The number of carbonyl (C=O) groups excluding carboxylic acids is 3. The van der Waals surface area contributed by atoms with E-state index in [-0.39, 0.29) is 23.0 Å². The molecule has 0 spiro atoms. The van der Waals surface area contributed by atoms with Gasteiger partial charge in [0.25, 0.3) is 17.5 Å². The largest absolute Gasteiger partial charge is 0.325 e. The van der Waals surface area contributed by atoms with Crippen molar-refractivity contribution in [1.29, 1.82) is 0 Å². The molecule has 0 aliphatic heterocycles. The SMILES string of the molecule is Cc1cc([N+](=O)[O-])ccc1NC(=O)CSc1ccc(NC(=O)/C(=C/c2ccc(Cl)cc2Cl)NC(=O)c2ccccc2)cc1. The lowest BCUT2D eigenvalue weighted by atomic mass is 10.1. The molecule has 43 heavy (non-hydrogen) atoms. The summed E-state index contributed by atoms with van der Waals surface area (Å²) < 4.78 is 0. The van der Waals surface area contributed by atoms with Crippen molar-refractivity contribution in [3.63, 3.8) is 0 Å². The number of rotatable bonds is 10. The molecule has 9 nitrogen and oxygen atoms in total. The highest BCUT2D eigenvalue weighted by molar-refractivity contribution is 8.00. The third kappa shape index (κ3) is 8.92. The molecule has 0 fully saturated rings. The molecule has 0 bridgehead atoms. The fourth-order valence-electron chi connectivity index (χ4n) is 3.79. The van der Waals surface area contributed by atoms with E-state index in [1.54, 1.807) is 73.7 Å². The van der Waals surface area contributed by atoms with Gasteiger partial charge in [0.05, 0.1) is 10.7 Å². The maximum absolute atomic E-state index is 13.3. The summed E-state index contributed by atoms with van der Waals surface area (Å²) in [5.41, 5.74) is 2.32. The molecule has 0 saturated carbocycles. The van der Waals surface area contributed by atoms with E-state index in [0.29, 0.717) is 38.1 Å². The first-order chi connectivity index (χ1) is 20.6. The van der Waals surface area contributed by atoms with Crippen molar-refractivity contribution in [2.75, 3.05) is 16.4 Å². The molecule has 0 aromatic heterocycles. The van der Waals surface area contributed by atoms with E-state index < -0.39 is 16.7 Å². The molecule has 12 heteroatoms. The Labute approximate surface area is 261 Å². The van der Waals surface area contributed by atoms with Gasteiger partial charge >= 0.3 is 0 Å². The summed E-state index contributed by atoms with van der Waals surface area (Å²) in [7, 11) is 0. The average Bonchev–Trinajstić information content (AvgIpc) is 2.99. The Morgan fingerprint density at radius 3 is 2.28 bits per heavy atom. The molecule has 0 heterocycles. The summed E-state index contributed by atoms with van der Waals surface area (Å²) in [6.07, 6.45) is 1.46. The number of thioether (sulfide) groups is 1. The van der Waals surface area contributed by atoms with Gasteiger partial charge in [0, 0.05) is 44.0 Å². The van der Waals surface area contributed by atoms with Gasteiger partial charge in [-0.05, 0) is 78.7 Å². The number of nitro groups is 1. The van der Waals surface area contributed by atoms with Gasteiger partial charge in [0.2, 0.25) is 5.91 Å². The standard InChI is InChI=1S/C31H24Cl2N4O5S/c1-19-15-24(37(41)42)11-14-27(19)35-29(38)18-43-25-12-9-23(10-13-25)34-31(40)28(16-21-7-8-22(32)17-26(21)33)36-30(39)20-5-3-2-4-6-20/h2-17H,18H2,1H3,(H,34,40)(H,35,38)(H,36,39)/b28-16-. The molecule has 0 atom stereocenters. The van der Waals surface area contributed by atoms with Crippen LogP contribution in [0.4, 0.5) is 17.1 Å². The summed E-state index contributed by atoms with van der Waals surface area (Å²) in [6.45, 7) is 1.68. The summed E-state index contributed by atoms with van der Waals surface area (Å²) in [5, 5.41) is 19.8. The van der Waals surface area contributed by atoms with Crippen LogP contribution in [0.5, 0.6) is 0 Å². The van der Waals surface area contributed by atoms with E-state index in [1.165, 1.54) is 42.1 Å². The lowest BCUT2D eigenvalue weighted by Crippen LogP contribution is -2.30. The predicted octanol–water partition coefficient (Wildman–Crippen LogP) is 7.35. The fourth-order valence-corrected chi connectivity index (χ4v) is 4.95. The molecule has 0 saturated heterocycles. The summed E-state index contributed by atoms with van der Waals surface area (Å²) >= 11 is 13.6. The van der Waals surface area contributed by atoms with Crippen LogP contribution in [-0.2, 0) is 9.59 Å². The number of anilines is 2. The first-order valence-corrected chi connectivity index (χ1v) is 14.5. The van der Waals surface area contributed by atoms with Crippen molar-refractivity contribution in [3.8, 4) is 0 Å². The molecule has 3 amide bonds. The molecule has 0 aliphatic rings. The van der Waals surface area contributed by atoms with Gasteiger partial charge in [0.1, 0.15) is 5.70 Å². The van der Waals surface area contributed by atoms with Crippen molar-refractivity contribution in [2.45, 2.75) is 11.8 Å². The van der Waals surface area contributed by atoms with Crippen LogP contribution in [0.3, 0.4) is 0 Å². The average molecular weight is 636 g/mol. The van der Waals surface area contributed by atoms with Crippen LogP contribution in [0.2, 0.25) is 10.0 Å². The van der Waals surface area contributed by atoms with Crippen LogP contribution < -0.4 is 16.0 Å². The summed E-state index contributed by atoms with van der Waals surface area (Å²) in [5.74, 6) is -1.22. The first kappa shape index (κ1) is 31.3. The smallest absolute Gasteiger partial charge is 0.272 e. The van der Waals surface area contributed by atoms with Crippen molar-refractivity contribution in [1.82, 2.24) is 5.32 Å². The van der Waals surface area contributed by atoms with Crippen LogP contribution in [0.25, 0.3) is 6.08 Å². The topological polar surface area (TPSA) is 130 Å². The predicted molar refractivity (Wildman–Crippen MR) is 171 cm³/mol. The quantitative estimate of drug-likeness (QED) is 0.0723. The van der Waals surface area contributed by atoms with Crippen LogP contribution >= 0.6 is 35.0 Å². The van der Waals surface area contributed by atoms with Gasteiger partial charge in [-0.1, -0.05) is 47.5 Å². The molecule has 4 rings (SSSR count). The van der Waals surface area contributed by atoms with Gasteiger partial charge in [-0.2, -0.15) is 0 Å². The van der Waals surface area contributed by atoms with Gasteiger partial charge in [-0.25, -0.2) is 0 Å². The molecule has 4 aromatic rings. The number of hydrogen-bond acceptors (Lipinski definition) is 6. The molecule has 218 valence electrons. The highest BCUT2D eigenvalue weighted by Crippen LogP contribution is 2.25. The minimum absolute atomic E-state index is 0.0327. The maximum Gasteiger partial charge on any atom is 0.272 e. The van der Waals surface area contributed by atoms with Crippen molar-refractivity contribution >= 4 is 75.8 Å². The number of nitro benzene ring substituents is 1. The van der Waals surface area contributed by atoms with Gasteiger partial charge < -0.3 is 16.0 Å². The monoisotopic (exact) mass is 634 g/mol. The van der Waals surface area contributed by atoms with E-state index in [2.05, 4.69) is 16.0 Å². The minimum Gasteiger partial charge on any atom is -0.325 e. The Morgan fingerprint density at radius 1 is 0.907 bits per heavy atom. The Hall–Kier alpha value is -4.64. The zero-order chi connectivity index (χ0) is 30.9. The second-order valence-corrected chi connectivity index (χ2v) is 11.0. The van der Waals surface area contributed by atoms with Crippen molar-refractivity contribution in [3.05, 3.63) is 134 Å². The fraction of sp³-hybridized carbons (Fsp3) is 0.0645. The Balaban J connectivity index is 1.41. The third-order valence-corrected chi connectivity index (χ3v) is 7.54. The van der Waals surface area contributed by atoms with Gasteiger partial charge in [-0.15, -0.1) is 11.8 Å². The number of benzene rings is 4. The number of non-ortho nitro benzene ring substituents is 1. The molecule has 0 aliphatic carbocycles. The number of nitrogens with one attached hydrogen (secondary N) is 3. The number of halogens is 2. The molecular weight excluding hydrogens is 611 g/mol. The number of amides is 3. The number of aryl methyl sites for hydroxylation is 1. The lowest BCUT2D eigenvalue weighted by Gasteiger charge is -2.12. The molecule has 4 aromatic carbocycles. The molecule has 0 radical (unpaired) electrons. The van der Waals surface area contributed by atoms with Crippen molar-refractivity contribution < 1.29 is 19.3 Å². The highest BCUT2D eigenvalue weighted by atomic mass is 35.5. The third-order valence-electron chi connectivity index (χ3n) is 5.97. The van der Waals surface area contributed by atoms with Crippen LogP contribution in [0.15, 0.2) is 102 Å². The molecular formula is C31H24Cl2N4O5S. The second-order valence-electron chi connectivity index (χ2n) is 9.12. The van der Waals surface area contributed by atoms with E-state index >= 15 is 0 Å². The van der Waals surface area contributed by atoms with E-state index in [0.717, 1.165) is 4.90 Å².